The Labute approximate surface area is 149 Å². The molecule has 5 heteroatoms. The third-order valence-corrected chi connectivity index (χ3v) is 5.21. The first kappa shape index (κ1) is 15.6. The quantitative estimate of drug-likeness (QED) is 0.563. The molecule has 25 heavy (non-hydrogen) atoms. The summed E-state index contributed by atoms with van der Waals surface area (Å²) in [4.78, 5) is 6.34. The standard InChI is InChI=1S/C20H16N2O2S/c1-13-12-17(14-8-10-16(24-2)11-9-14)21-20-22(13)19(23)18(25-20)15-6-4-3-5-7-15/h3-12H,1-2H3/p+1. The fraction of sp³-hybridized carbons (Fsp3) is 0.100. The largest absolute Gasteiger partial charge is 0.497 e. The van der Waals surface area contributed by atoms with Crippen molar-refractivity contribution in [2.45, 2.75) is 6.92 Å². The number of hydrogen-bond acceptors (Lipinski definition) is 4. The molecule has 4 aromatic rings. The van der Waals surface area contributed by atoms with Gasteiger partial charge in [-0.1, -0.05) is 30.3 Å². The molecular weight excluding hydrogens is 332 g/mol. The van der Waals surface area contributed by atoms with Crippen LogP contribution in [0.4, 0.5) is 0 Å². The van der Waals surface area contributed by atoms with Crippen molar-refractivity contribution in [3.63, 3.8) is 0 Å². The maximum atomic E-state index is 10.7. The summed E-state index contributed by atoms with van der Waals surface area (Å²) in [5.74, 6) is 1.05. The lowest BCUT2D eigenvalue weighted by atomic mass is 10.1. The summed E-state index contributed by atoms with van der Waals surface area (Å²) in [6, 6.07) is 19.7. The lowest BCUT2D eigenvalue weighted by Gasteiger charge is -2.01. The molecule has 0 aliphatic carbocycles. The van der Waals surface area contributed by atoms with Crippen molar-refractivity contribution in [3.05, 3.63) is 66.4 Å². The van der Waals surface area contributed by atoms with Gasteiger partial charge in [0.05, 0.1) is 7.11 Å². The average molecular weight is 349 g/mol. The van der Waals surface area contributed by atoms with Crippen LogP contribution < -0.4 is 9.14 Å². The first-order chi connectivity index (χ1) is 12.2. The third kappa shape index (κ3) is 2.72. The van der Waals surface area contributed by atoms with Crippen molar-refractivity contribution < 1.29 is 14.2 Å². The molecule has 2 aromatic carbocycles. The second-order valence-corrected chi connectivity index (χ2v) is 6.73. The number of aryl methyl sites for hydroxylation is 1. The van der Waals surface area contributed by atoms with E-state index in [1.165, 1.54) is 11.3 Å². The van der Waals surface area contributed by atoms with Gasteiger partial charge in [0.1, 0.15) is 16.3 Å². The van der Waals surface area contributed by atoms with E-state index in [0.717, 1.165) is 38.1 Å². The van der Waals surface area contributed by atoms with E-state index in [1.54, 1.807) is 11.5 Å². The average Bonchev–Trinajstić information content (AvgIpc) is 2.99. The SMILES string of the molecule is COc1ccc(-c2cc(C)[n+]3c(O)c(-c4ccccc4)sc3n2)cc1. The summed E-state index contributed by atoms with van der Waals surface area (Å²) in [5.41, 5.74) is 3.81. The van der Waals surface area contributed by atoms with Crippen LogP contribution in [0.3, 0.4) is 0 Å². The molecule has 2 heterocycles. The molecular formula is C20H17N2O2S+. The second kappa shape index (κ2) is 6.18. The third-order valence-electron chi connectivity index (χ3n) is 4.14. The van der Waals surface area contributed by atoms with Gasteiger partial charge in [0.25, 0.3) is 0 Å². The Morgan fingerprint density at radius 1 is 1.00 bits per heavy atom. The van der Waals surface area contributed by atoms with E-state index in [-0.39, 0.29) is 5.88 Å². The normalized spacial score (nSPS) is 11.0. The lowest BCUT2D eigenvalue weighted by Crippen LogP contribution is -2.24. The van der Waals surface area contributed by atoms with Crippen LogP contribution in [0.5, 0.6) is 11.6 Å². The van der Waals surface area contributed by atoms with Crippen molar-refractivity contribution in [2.75, 3.05) is 7.11 Å². The van der Waals surface area contributed by atoms with Crippen LogP contribution in [0.2, 0.25) is 0 Å². The van der Waals surface area contributed by atoms with E-state index in [0.29, 0.717) is 0 Å². The molecule has 4 nitrogen and oxygen atoms in total. The summed E-state index contributed by atoms with van der Waals surface area (Å²) >= 11 is 1.48. The first-order valence-electron chi connectivity index (χ1n) is 7.92. The molecule has 0 spiro atoms. The smallest absolute Gasteiger partial charge is 0.391 e. The van der Waals surface area contributed by atoms with Crippen molar-refractivity contribution >= 4 is 16.3 Å². The van der Waals surface area contributed by atoms with Crippen LogP contribution in [0.15, 0.2) is 60.7 Å². The Hall–Kier alpha value is -2.92. The van der Waals surface area contributed by atoms with Crippen LogP contribution in [-0.2, 0) is 0 Å². The molecule has 0 bridgehead atoms. The lowest BCUT2D eigenvalue weighted by molar-refractivity contribution is -0.527. The van der Waals surface area contributed by atoms with Crippen LogP contribution >= 0.6 is 11.3 Å². The van der Waals surface area contributed by atoms with E-state index >= 15 is 0 Å². The minimum atomic E-state index is 0.234. The summed E-state index contributed by atoms with van der Waals surface area (Å²) in [6.07, 6.45) is 0. The number of benzene rings is 2. The Kier molecular flexibility index (Phi) is 3.86. The summed E-state index contributed by atoms with van der Waals surface area (Å²) < 4.78 is 7.00. The van der Waals surface area contributed by atoms with Gasteiger partial charge in [0, 0.05) is 11.6 Å². The van der Waals surface area contributed by atoms with E-state index in [9.17, 15) is 5.11 Å². The molecule has 4 rings (SSSR count). The number of aromatic nitrogens is 2. The zero-order valence-corrected chi connectivity index (χ0v) is 14.7. The van der Waals surface area contributed by atoms with Crippen LogP contribution in [-0.4, -0.2) is 17.2 Å². The van der Waals surface area contributed by atoms with Crippen molar-refractivity contribution in [1.82, 2.24) is 4.98 Å². The highest BCUT2D eigenvalue weighted by Crippen LogP contribution is 2.34. The zero-order chi connectivity index (χ0) is 17.4. The fourth-order valence-corrected chi connectivity index (χ4v) is 3.94. The van der Waals surface area contributed by atoms with E-state index in [4.69, 9.17) is 9.72 Å². The second-order valence-electron chi connectivity index (χ2n) is 5.75. The van der Waals surface area contributed by atoms with Gasteiger partial charge >= 0.3 is 10.8 Å². The van der Waals surface area contributed by atoms with Gasteiger partial charge in [-0.2, -0.15) is 4.40 Å². The number of methoxy groups -OCH3 is 1. The summed E-state index contributed by atoms with van der Waals surface area (Å²) in [5, 5.41) is 10.7. The van der Waals surface area contributed by atoms with Crippen LogP contribution in [0.25, 0.3) is 26.7 Å². The zero-order valence-electron chi connectivity index (χ0n) is 13.9. The van der Waals surface area contributed by atoms with Gasteiger partial charge in [0.15, 0.2) is 5.69 Å². The van der Waals surface area contributed by atoms with E-state index in [1.807, 2.05) is 67.6 Å². The van der Waals surface area contributed by atoms with Gasteiger partial charge < -0.3 is 9.84 Å². The molecule has 0 fully saturated rings. The van der Waals surface area contributed by atoms with Crippen molar-refractivity contribution in [3.8, 4) is 33.3 Å². The summed E-state index contributed by atoms with van der Waals surface area (Å²) in [6.45, 7) is 1.98. The Morgan fingerprint density at radius 3 is 2.40 bits per heavy atom. The highest BCUT2D eigenvalue weighted by Gasteiger charge is 2.24. The number of thiazole rings is 1. The van der Waals surface area contributed by atoms with Gasteiger partial charge in [-0.3, -0.25) is 0 Å². The number of fused-ring (bicyclic) bond motifs is 1. The monoisotopic (exact) mass is 349 g/mol. The highest BCUT2D eigenvalue weighted by atomic mass is 32.1. The van der Waals surface area contributed by atoms with Gasteiger partial charge in [-0.25, -0.2) is 0 Å². The molecule has 1 N–H and O–H groups in total. The highest BCUT2D eigenvalue weighted by molar-refractivity contribution is 7.20. The Morgan fingerprint density at radius 2 is 1.72 bits per heavy atom. The Balaban J connectivity index is 1.87. The molecule has 2 aromatic heterocycles. The number of ether oxygens (including phenoxy) is 1. The first-order valence-corrected chi connectivity index (χ1v) is 8.74. The number of rotatable bonds is 3. The minimum Gasteiger partial charge on any atom is -0.497 e. The van der Waals surface area contributed by atoms with Gasteiger partial charge in [0.2, 0.25) is 0 Å². The molecule has 0 unspecified atom stereocenters. The van der Waals surface area contributed by atoms with Gasteiger partial charge in [-0.15, -0.1) is 0 Å². The maximum absolute atomic E-state index is 10.7. The van der Waals surface area contributed by atoms with Gasteiger partial charge in [-0.05, 0) is 53.1 Å². The summed E-state index contributed by atoms with van der Waals surface area (Å²) in [7, 11) is 1.65. The van der Waals surface area contributed by atoms with Crippen LogP contribution in [0.1, 0.15) is 5.69 Å². The molecule has 0 saturated carbocycles. The Bertz CT molecular complexity index is 1040. The molecule has 124 valence electrons. The number of hydrogen-bond donors (Lipinski definition) is 1. The topological polar surface area (TPSA) is 46.5 Å². The van der Waals surface area contributed by atoms with E-state index < -0.39 is 0 Å². The molecule has 0 amide bonds. The van der Waals surface area contributed by atoms with Crippen LogP contribution in [0, 0.1) is 6.92 Å². The van der Waals surface area contributed by atoms with E-state index in [2.05, 4.69) is 0 Å². The minimum absolute atomic E-state index is 0.234. The van der Waals surface area contributed by atoms with Crippen molar-refractivity contribution in [1.29, 1.82) is 0 Å². The number of aromatic hydroxyl groups is 1. The molecule has 0 radical (unpaired) electrons. The predicted octanol–water partition coefficient (Wildman–Crippen LogP) is 4.24. The van der Waals surface area contributed by atoms with Crippen molar-refractivity contribution in [2.24, 2.45) is 0 Å². The molecule has 0 saturated heterocycles. The number of nitrogens with zero attached hydrogens (tertiary/aromatic N) is 2. The molecule has 0 aliphatic rings. The predicted molar refractivity (Wildman–Crippen MR) is 99.1 cm³/mol. The fourth-order valence-electron chi connectivity index (χ4n) is 2.85. The maximum Gasteiger partial charge on any atom is 0.391 e. The molecule has 0 atom stereocenters. The molecule has 0 aliphatic heterocycles.